The molecule has 0 fully saturated rings. The van der Waals surface area contributed by atoms with Crippen LogP contribution in [-0.2, 0) is 4.79 Å². The lowest BCUT2D eigenvalue weighted by molar-refractivity contribution is -0.131. The van der Waals surface area contributed by atoms with Gasteiger partial charge in [-0.3, -0.25) is 9.59 Å². The van der Waals surface area contributed by atoms with E-state index in [-0.39, 0.29) is 24.4 Å². The average molecular weight is 277 g/mol. The van der Waals surface area contributed by atoms with Crippen LogP contribution in [-0.4, -0.2) is 36.3 Å². The van der Waals surface area contributed by atoms with Crippen LogP contribution in [0.4, 0.5) is 5.69 Å². The van der Waals surface area contributed by atoms with Crippen LogP contribution in [0.5, 0.6) is 0 Å². The molecule has 0 aliphatic heterocycles. The molecule has 0 unspecified atom stereocenters. The maximum Gasteiger partial charge on any atom is 0.251 e. The molecule has 0 atom stereocenters. The minimum atomic E-state index is -0.267. The van der Waals surface area contributed by atoms with Gasteiger partial charge in [-0.25, -0.2) is 0 Å². The van der Waals surface area contributed by atoms with E-state index in [1.54, 1.807) is 36.2 Å². The van der Waals surface area contributed by atoms with E-state index in [9.17, 15) is 9.59 Å². The van der Waals surface area contributed by atoms with Gasteiger partial charge >= 0.3 is 0 Å². The highest BCUT2D eigenvalue weighted by molar-refractivity contribution is 5.96. The van der Waals surface area contributed by atoms with Crippen molar-refractivity contribution in [3.8, 4) is 0 Å². The summed E-state index contributed by atoms with van der Waals surface area (Å²) in [6.07, 6.45) is 1.81. The number of anilines is 1. The number of rotatable bonds is 6. The Balaban J connectivity index is 2.52. The van der Waals surface area contributed by atoms with Gasteiger partial charge in [0.2, 0.25) is 5.91 Å². The van der Waals surface area contributed by atoms with Crippen molar-refractivity contribution in [2.45, 2.75) is 32.7 Å². The Morgan fingerprint density at radius 1 is 1.20 bits per heavy atom. The standard InChI is InChI=1S/C15H23N3O2/c1-4-13(5-2)18(3)14(19)10-17-15(20)11-6-8-12(16)9-7-11/h6-9,13H,4-5,10,16H2,1-3H3,(H,17,20). The van der Waals surface area contributed by atoms with Gasteiger partial charge in [-0.1, -0.05) is 13.8 Å². The monoisotopic (exact) mass is 277 g/mol. The average Bonchev–Trinajstić information content (AvgIpc) is 2.46. The van der Waals surface area contributed by atoms with Crippen LogP contribution in [0.2, 0.25) is 0 Å². The summed E-state index contributed by atoms with van der Waals surface area (Å²) in [5.74, 6) is -0.348. The summed E-state index contributed by atoms with van der Waals surface area (Å²) in [5.41, 5.74) is 6.66. The van der Waals surface area contributed by atoms with Crippen molar-refractivity contribution in [1.29, 1.82) is 0 Å². The Hall–Kier alpha value is -2.04. The molecule has 0 radical (unpaired) electrons. The van der Waals surface area contributed by atoms with Gasteiger partial charge in [-0.05, 0) is 37.1 Å². The van der Waals surface area contributed by atoms with Crippen molar-refractivity contribution in [2.75, 3.05) is 19.3 Å². The topological polar surface area (TPSA) is 75.4 Å². The smallest absolute Gasteiger partial charge is 0.251 e. The van der Waals surface area contributed by atoms with E-state index in [0.717, 1.165) is 12.8 Å². The van der Waals surface area contributed by atoms with E-state index in [2.05, 4.69) is 5.32 Å². The first kappa shape index (κ1) is 16.0. The van der Waals surface area contributed by atoms with Crippen molar-refractivity contribution < 1.29 is 9.59 Å². The maximum atomic E-state index is 12.0. The molecule has 1 aromatic rings. The second kappa shape index (κ2) is 7.53. The molecule has 0 saturated carbocycles. The van der Waals surface area contributed by atoms with Crippen molar-refractivity contribution in [1.82, 2.24) is 10.2 Å². The number of amides is 2. The lowest BCUT2D eigenvalue weighted by atomic mass is 10.1. The second-order valence-electron chi connectivity index (χ2n) is 4.78. The van der Waals surface area contributed by atoms with Gasteiger partial charge in [0.1, 0.15) is 0 Å². The summed E-state index contributed by atoms with van der Waals surface area (Å²) in [5, 5.41) is 2.63. The molecular weight excluding hydrogens is 254 g/mol. The number of benzene rings is 1. The lowest BCUT2D eigenvalue weighted by Crippen LogP contribution is -2.42. The van der Waals surface area contributed by atoms with Gasteiger partial charge in [0.05, 0.1) is 6.54 Å². The van der Waals surface area contributed by atoms with Crippen LogP contribution in [0, 0.1) is 0 Å². The van der Waals surface area contributed by atoms with Crippen LogP contribution in [0.3, 0.4) is 0 Å². The predicted molar refractivity (Wildman–Crippen MR) is 80.3 cm³/mol. The summed E-state index contributed by atoms with van der Waals surface area (Å²) < 4.78 is 0. The summed E-state index contributed by atoms with van der Waals surface area (Å²) >= 11 is 0. The van der Waals surface area contributed by atoms with E-state index in [1.807, 2.05) is 13.8 Å². The normalized spacial score (nSPS) is 10.4. The third-order valence-corrected chi connectivity index (χ3v) is 3.46. The van der Waals surface area contributed by atoms with E-state index in [1.165, 1.54) is 0 Å². The molecule has 0 heterocycles. The fraction of sp³-hybridized carbons (Fsp3) is 0.467. The Morgan fingerprint density at radius 2 is 1.75 bits per heavy atom. The number of nitrogens with zero attached hydrogens (tertiary/aromatic N) is 1. The van der Waals surface area contributed by atoms with Crippen molar-refractivity contribution in [3.63, 3.8) is 0 Å². The molecule has 20 heavy (non-hydrogen) atoms. The molecule has 0 bridgehead atoms. The number of carbonyl (C=O) groups excluding carboxylic acids is 2. The van der Waals surface area contributed by atoms with Crippen LogP contribution in [0.15, 0.2) is 24.3 Å². The lowest BCUT2D eigenvalue weighted by Gasteiger charge is -2.26. The third-order valence-electron chi connectivity index (χ3n) is 3.46. The SMILES string of the molecule is CCC(CC)N(C)C(=O)CNC(=O)c1ccc(N)cc1. The van der Waals surface area contributed by atoms with E-state index < -0.39 is 0 Å². The zero-order chi connectivity index (χ0) is 15.1. The van der Waals surface area contributed by atoms with Gasteiger partial charge in [-0.2, -0.15) is 0 Å². The minimum Gasteiger partial charge on any atom is -0.399 e. The first-order chi connectivity index (χ1) is 9.49. The van der Waals surface area contributed by atoms with E-state index in [4.69, 9.17) is 5.73 Å². The molecule has 1 rings (SSSR count). The summed E-state index contributed by atoms with van der Waals surface area (Å²) in [7, 11) is 1.77. The number of nitrogen functional groups attached to an aromatic ring is 1. The van der Waals surface area contributed by atoms with Crippen LogP contribution in [0.25, 0.3) is 0 Å². The summed E-state index contributed by atoms with van der Waals surface area (Å²) in [4.78, 5) is 25.6. The highest BCUT2D eigenvalue weighted by Crippen LogP contribution is 2.07. The highest BCUT2D eigenvalue weighted by atomic mass is 16.2. The Labute approximate surface area is 120 Å². The molecule has 0 aliphatic carbocycles. The maximum absolute atomic E-state index is 12.0. The molecular formula is C15H23N3O2. The van der Waals surface area contributed by atoms with E-state index in [0.29, 0.717) is 11.3 Å². The quantitative estimate of drug-likeness (QED) is 0.776. The molecule has 110 valence electrons. The Kier molecular flexibility index (Phi) is 6.03. The van der Waals surface area contributed by atoms with Crippen LogP contribution < -0.4 is 11.1 Å². The summed E-state index contributed by atoms with van der Waals surface area (Å²) in [6, 6.07) is 6.82. The molecule has 0 aromatic heterocycles. The molecule has 5 nitrogen and oxygen atoms in total. The van der Waals surface area contributed by atoms with Crippen LogP contribution in [0.1, 0.15) is 37.0 Å². The fourth-order valence-corrected chi connectivity index (χ4v) is 2.06. The predicted octanol–water partition coefficient (Wildman–Crippen LogP) is 1.65. The Bertz CT molecular complexity index is 453. The van der Waals surface area contributed by atoms with Gasteiger partial charge < -0.3 is 16.0 Å². The molecule has 5 heteroatoms. The first-order valence-electron chi connectivity index (χ1n) is 6.89. The molecule has 3 N–H and O–H groups in total. The summed E-state index contributed by atoms with van der Waals surface area (Å²) in [6.45, 7) is 4.10. The first-order valence-corrected chi connectivity index (χ1v) is 6.89. The van der Waals surface area contributed by atoms with Crippen molar-refractivity contribution >= 4 is 17.5 Å². The second-order valence-corrected chi connectivity index (χ2v) is 4.78. The number of hydrogen-bond acceptors (Lipinski definition) is 3. The molecule has 0 saturated heterocycles. The van der Waals surface area contributed by atoms with Gasteiger partial charge in [0.25, 0.3) is 5.91 Å². The van der Waals surface area contributed by atoms with E-state index >= 15 is 0 Å². The molecule has 1 aromatic carbocycles. The third kappa shape index (κ3) is 4.26. The number of carbonyl (C=O) groups is 2. The van der Waals surface area contributed by atoms with Crippen molar-refractivity contribution in [2.24, 2.45) is 0 Å². The minimum absolute atomic E-state index is 0.0101. The number of nitrogens with two attached hydrogens (primary N) is 1. The van der Waals surface area contributed by atoms with Crippen LogP contribution >= 0.6 is 0 Å². The number of likely N-dealkylation sites (N-methyl/N-ethyl adjacent to an activating group) is 1. The number of hydrogen-bond donors (Lipinski definition) is 2. The largest absolute Gasteiger partial charge is 0.399 e. The highest BCUT2D eigenvalue weighted by Gasteiger charge is 2.17. The van der Waals surface area contributed by atoms with Gasteiger partial charge in [0, 0.05) is 24.3 Å². The number of nitrogens with one attached hydrogen (secondary N) is 1. The Morgan fingerprint density at radius 3 is 2.25 bits per heavy atom. The zero-order valence-electron chi connectivity index (χ0n) is 12.3. The van der Waals surface area contributed by atoms with Gasteiger partial charge in [-0.15, -0.1) is 0 Å². The zero-order valence-corrected chi connectivity index (χ0v) is 12.3. The molecule has 0 aliphatic rings. The molecule has 0 spiro atoms. The molecule has 2 amide bonds. The van der Waals surface area contributed by atoms with Gasteiger partial charge in [0.15, 0.2) is 0 Å². The fourth-order valence-electron chi connectivity index (χ4n) is 2.06. The van der Waals surface area contributed by atoms with Crippen molar-refractivity contribution in [3.05, 3.63) is 29.8 Å².